The molecule has 0 unspecified atom stereocenters. The van der Waals surface area contributed by atoms with Gasteiger partial charge >= 0.3 is 0 Å². The molecule has 0 saturated heterocycles. The summed E-state index contributed by atoms with van der Waals surface area (Å²) in [5.41, 5.74) is 0.253. The Kier molecular flexibility index (Phi) is 6.85. The predicted molar refractivity (Wildman–Crippen MR) is 124 cm³/mol. The molecule has 10 nitrogen and oxygen atoms in total. The van der Waals surface area contributed by atoms with E-state index in [2.05, 4.69) is 15.4 Å². The minimum atomic E-state index is -3.29. The lowest BCUT2D eigenvalue weighted by Gasteiger charge is -2.15. The maximum Gasteiger partial charge on any atom is 0.257 e. The van der Waals surface area contributed by atoms with Gasteiger partial charge in [-0.25, -0.2) is 8.42 Å². The lowest BCUT2D eigenvalue weighted by Crippen LogP contribution is -2.19. The average Bonchev–Trinajstić information content (AvgIpc) is 3.57. The lowest BCUT2D eigenvalue weighted by molar-refractivity contribution is 0.0882. The zero-order valence-electron chi connectivity index (χ0n) is 19.1. The molecule has 1 amide bonds. The highest BCUT2D eigenvalue weighted by Crippen LogP contribution is 2.34. The number of hydrogen-bond acceptors (Lipinski definition) is 8. The number of anilines is 1. The second kappa shape index (κ2) is 9.82. The van der Waals surface area contributed by atoms with Crippen molar-refractivity contribution in [3.8, 4) is 17.5 Å². The van der Waals surface area contributed by atoms with Crippen molar-refractivity contribution in [2.24, 2.45) is 7.05 Å². The fourth-order valence-corrected chi connectivity index (χ4v) is 4.92. The number of benzene rings is 1. The number of nitrogens with zero attached hydrogens (tertiary/aromatic N) is 3. The van der Waals surface area contributed by atoms with Crippen LogP contribution in [-0.4, -0.2) is 54.2 Å². The molecule has 1 aromatic carbocycles. The molecule has 180 valence electrons. The molecule has 11 heteroatoms. The summed E-state index contributed by atoms with van der Waals surface area (Å²) in [5.74, 6) is 0.656. The predicted octanol–water partition coefficient (Wildman–Crippen LogP) is 3.21. The Balaban J connectivity index is 1.57. The van der Waals surface area contributed by atoms with Crippen LogP contribution in [0.5, 0.6) is 17.5 Å². The molecule has 0 spiro atoms. The van der Waals surface area contributed by atoms with Crippen molar-refractivity contribution in [2.75, 3.05) is 19.0 Å². The summed E-state index contributed by atoms with van der Waals surface area (Å²) in [4.78, 5) is 17.4. The highest BCUT2D eigenvalue weighted by atomic mass is 32.2. The summed E-state index contributed by atoms with van der Waals surface area (Å²) in [7, 11) is 0.0188. The molecule has 1 N–H and O–H groups in total. The van der Waals surface area contributed by atoms with Gasteiger partial charge in [-0.3, -0.25) is 9.48 Å². The van der Waals surface area contributed by atoms with Crippen LogP contribution in [0.2, 0.25) is 0 Å². The molecular formula is C23H26N4O6S. The molecule has 1 saturated carbocycles. The Labute approximate surface area is 197 Å². The van der Waals surface area contributed by atoms with E-state index < -0.39 is 15.7 Å². The van der Waals surface area contributed by atoms with Crippen molar-refractivity contribution in [1.82, 2.24) is 14.8 Å². The van der Waals surface area contributed by atoms with Gasteiger partial charge in [-0.05, 0) is 44.0 Å². The minimum Gasteiger partial charge on any atom is -0.472 e. The number of rotatable bonds is 10. The molecule has 2 heterocycles. The third-order valence-corrected chi connectivity index (χ3v) is 7.34. The molecular weight excluding hydrogens is 460 g/mol. The number of carbonyl (C=O) groups excluding carboxylic acids is 1. The fourth-order valence-electron chi connectivity index (χ4n) is 3.26. The van der Waals surface area contributed by atoms with Crippen LogP contribution in [0.4, 0.5) is 5.82 Å². The highest BCUT2D eigenvalue weighted by molar-refractivity contribution is 7.92. The van der Waals surface area contributed by atoms with Crippen LogP contribution in [0.3, 0.4) is 0 Å². The Hall–Kier alpha value is -3.44. The monoisotopic (exact) mass is 486 g/mol. The molecule has 1 fully saturated rings. The summed E-state index contributed by atoms with van der Waals surface area (Å²) in [5, 5.41) is 6.57. The van der Waals surface area contributed by atoms with Gasteiger partial charge < -0.3 is 19.5 Å². The van der Waals surface area contributed by atoms with E-state index in [9.17, 15) is 13.2 Å². The SMILES string of the molecule is COC[C@@H](C)Oc1cc(C(=O)Nc2ccn(C)n2)cc(Oc2ccc(S(=O)(=O)C3CC3)cc2)n1. The third kappa shape index (κ3) is 5.72. The van der Waals surface area contributed by atoms with E-state index in [1.807, 2.05) is 6.92 Å². The summed E-state index contributed by atoms with van der Waals surface area (Å²) in [6.07, 6.45) is 2.79. The van der Waals surface area contributed by atoms with Gasteiger partial charge in [-0.1, -0.05) is 0 Å². The number of aryl methyl sites for hydroxylation is 1. The summed E-state index contributed by atoms with van der Waals surface area (Å²) >= 11 is 0. The van der Waals surface area contributed by atoms with E-state index >= 15 is 0 Å². The van der Waals surface area contributed by atoms with Gasteiger partial charge in [0.2, 0.25) is 11.8 Å². The largest absolute Gasteiger partial charge is 0.472 e. The standard InChI is InChI=1S/C23H26N4O6S/c1-15(14-31-3)32-21-12-16(23(28)24-20-10-11-27(2)26-20)13-22(25-21)33-17-4-6-18(7-5-17)34(29,30)19-8-9-19/h4-7,10-13,15,19H,8-9,14H2,1-3H3,(H,24,26,28)/t15-/m1/s1. The minimum absolute atomic E-state index is 0.117. The van der Waals surface area contributed by atoms with Crippen molar-refractivity contribution in [2.45, 2.75) is 36.0 Å². The Morgan fingerprint density at radius 1 is 1.18 bits per heavy atom. The van der Waals surface area contributed by atoms with Gasteiger partial charge in [-0.15, -0.1) is 0 Å². The van der Waals surface area contributed by atoms with Crippen molar-refractivity contribution in [1.29, 1.82) is 0 Å². The fraction of sp³-hybridized carbons (Fsp3) is 0.348. The third-order valence-electron chi connectivity index (χ3n) is 5.06. The van der Waals surface area contributed by atoms with Crippen LogP contribution in [0.25, 0.3) is 0 Å². The number of amides is 1. The normalized spacial score (nSPS) is 14.4. The van der Waals surface area contributed by atoms with Crippen molar-refractivity contribution in [3.63, 3.8) is 0 Å². The molecule has 3 aromatic rings. The Morgan fingerprint density at radius 2 is 1.88 bits per heavy atom. The number of hydrogen-bond donors (Lipinski definition) is 1. The number of aromatic nitrogens is 3. The maximum absolute atomic E-state index is 12.8. The van der Waals surface area contributed by atoms with E-state index in [0.717, 1.165) is 0 Å². The van der Waals surface area contributed by atoms with E-state index in [1.165, 1.54) is 24.3 Å². The van der Waals surface area contributed by atoms with E-state index in [0.29, 0.717) is 31.0 Å². The van der Waals surface area contributed by atoms with Crippen molar-refractivity contribution < 1.29 is 27.4 Å². The molecule has 0 bridgehead atoms. The first-order valence-corrected chi connectivity index (χ1v) is 12.3. The first-order valence-electron chi connectivity index (χ1n) is 10.7. The molecule has 2 aromatic heterocycles. The number of methoxy groups -OCH3 is 1. The molecule has 1 aliphatic carbocycles. The van der Waals surface area contributed by atoms with Crippen LogP contribution in [-0.2, 0) is 21.6 Å². The summed E-state index contributed by atoms with van der Waals surface area (Å²) < 4.78 is 43.1. The van der Waals surface area contributed by atoms with Crippen LogP contribution in [0, 0.1) is 0 Å². The molecule has 4 rings (SSSR count). The first-order chi connectivity index (χ1) is 16.2. The van der Waals surface area contributed by atoms with Crippen molar-refractivity contribution in [3.05, 3.63) is 54.2 Å². The first kappa shape index (κ1) is 23.7. The highest BCUT2D eigenvalue weighted by Gasteiger charge is 2.36. The Bertz CT molecular complexity index is 1270. The van der Waals surface area contributed by atoms with Crippen LogP contribution in [0.15, 0.2) is 53.6 Å². The number of pyridine rings is 1. The lowest BCUT2D eigenvalue weighted by atomic mass is 10.2. The second-order valence-electron chi connectivity index (χ2n) is 8.06. The summed E-state index contributed by atoms with van der Waals surface area (Å²) in [6.45, 7) is 2.14. The molecule has 0 radical (unpaired) electrons. The topological polar surface area (TPSA) is 122 Å². The van der Waals surface area contributed by atoms with E-state index in [4.69, 9.17) is 14.2 Å². The van der Waals surface area contributed by atoms with Gasteiger partial charge in [0.25, 0.3) is 5.91 Å². The smallest absolute Gasteiger partial charge is 0.257 e. The number of carbonyl (C=O) groups is 1. The maximum atomic E-state index is 12.8. The van der Waals surface area contributed by atoms with Gasteiger partial charge in [0.15, 0.2) is 15.7 Å². The van der Waals surface area contributed by atoms with Crippen LogP contribution < -0.4 is 14.8 Å². The molecule has 0 aliphatic heterocycles. The number of sulfone groups is 1. The van der Waals surface area contributed by atoms with Gasteiger partial charge in [0, 0.05) is 38.6 Å². The van der Waals surface area contributed by atoms with Gasteiger partial charge in [-0.2, -0.15) is 10.1 Å². The summed E-state index contributed by atoms with van der Waals surface area (Å²) in [6, 6.07) is 10.8. The molecule has 1 aliphatic rings. The van der Waals surface area contributed by atoms with Crippen LogP contribution >= 0.6 is 0 Å². The van der Waals surface area contributed by atoms with E-state index in [-0.39, 0.29) is 33.6 Å². The number of nitrogens with one attached hydrogen (secondary N) is 1. The van der Waals surface area contributed by atoms with E-state index in [1.54, 1.807) is 43.2 Å². The molecule has 34 heavy (non-hydrogen) atoms. The quantitative estimate of drug-likeness (QED) is 0.464. The van der Waals surface area contributed by atoms with Crippen molar-refractivity contribution >= 4 is 21.6 Å². The average molecular weight is 487 g/mol. The zero-order valence-corrected chi connectivity index (χ0v) is 19.9. The Morgan fingerprint density at radius 3 is 2.50 bits per heavy atom. The second-order valence-corrected chi connectivity index (χ2v) is 10.3. The van der Waals surface area contributed by atoms with Gasteiger partial charge in [0.1, 0.15) is 11.9 Å². The zero-order chi connectivity index (χ0) is 24.3. The van der Waals surface area contributed by atoms with Crippen LogP contribution in [0.1, 0.15) is 30.1 Å². The number of ether oxygens (including phenoxy) is 3. The van der Waals surface area contributed by atoms with Gasteiger partial charge in [0.05, 0.1) is 22.3 Å². The molecule has 1 atom stereocenters.